The van der Waals surface area contributed by atoms with E-state index in [1.54, 1.807) is 0 Å². The molecule has 4 N–H and O–H groups in total. The molecule has 0 spiro atoms. The van der Waals surface area contributed by atoms with Gasteiger partial charge in [-0.15, -0.1) is 0 Å². The molecule has 2 aromatic carbocycles. The zero-order chi connectivity index (χ0) is 19.1. The van der Waals surface area contributed by atoms with E-state index in [-0.39, 0.29) is 11.5 Å². The highest BCUT2D eigenvalue weighted by Gasteiger charge is 2.40. The largest absolute Gasteiger partial charge is 0.357 e. The number of nitrogens with one attached hydrogen (secondary N) is 2. The van der Waals surface area contributed by atoms with Crippen molar-refractivity contribution in [2.45, 2.75) is 44.1 Å². The molecule has 28 heavy (non-hydrogen) atoms. The van der Waals surface area contributed by atoms with Crippen LogP contribution in [0.4, 0.5) is 0 Å². The van der Waals surface area contributed by atoms with Crippen LogP contribution in [0.15, 0.2) is 54.6 Å². The van der Waals surface area contributed by atoms with Gasteiger partial charge in [-0.2, -0.15) is 0 Å². The Kier molecular flexibility index (Phi) is 4.37. The monoisotopic (exact) mass is 371 g/mol. The van der Waals surface area contributed by atoms with Crippen molar-refractivity contribution in [1.82, 2.24) is 10.3 Å². The van der Waals surface area contributed by atoms with Crippen LogP contribution >= 0.6 is 0 Å². The first kappa shape index (κ1) is 17.7. The predicted octanol–water partition coefficient (Wildman–Crippen LogP) is 4.84. The fourth-order valence-corrected chi connectivity index (χ4v) is 5.12. The Balaban J connectivity index is 1.61. The van der Waals surface area contributed by atoms with E-state index in [0.29, 0.717) is 0 Å². The van der Waals surface area contributed by atoms with Crippen LogP contribution in [0.2, 0.25) is 0 Å². The number of aromatic nitrogens is 1. The quantitative estimate of drug-likeness (QED) is 0.617. The SMILES string of the molecule is C[C@H](c1ccccc1)C1(N)CCCc2c1[nH]c1ccc(C3=CCCNC3)cc21. The molecule has 0 saturated heterocycles. The number of hydrogen-bond donors (Lipinski definition) is 3. The Morgan fingerprint density at radius 1 is 1.11 bits per heavy atom. The third-order valence-corrected chi connectivity index (χ3v) is 6.86. The third-order valence-electron chi connectivity index (χ3n) is 6.86. The molecule has 1 aliphatic heterocycles. The zero-order valence-corrected chi connectivity index (χ0v) is 16.6. The molecule has 3 nitrogen and oxygen atoms in total. The molecule has 0 bridgehead atoms. The summed E-state index contributed by atoms with van der Waals surface area (Å²) in [4.78, 5) is 3.73. The first-order chi connectivity index (χ1) is 13.7. The van der Waals surface area contributed by atoms with Gasteiger partial charge in [-0.3, -0.25) is 0 Å². The lowest BCUT2D eigenvalue weighted by atomic mass is 9.71. The fraction of sp³-hybridized carbons (Fsp3) is 0.360. The van der Waals surface area contributed by atoms with E-state index in [1.807, 2.05) is 0 Å². The predicted molar refractivity (Wildman–Crippen MR) is 117 cm³/mol. The van der Waals surface area contributed by atoms with Gasteiger partial charge in [-0.1, -0.05) is 49.4 Å². The van der Waals surface area contributed by atoms with Gasteiger partial charge in [0.15, 0.2) is 0 Å². The summed E-state index contributed by atoms with van der Waals surface area (Å²) < 4.78 is 0. The van der Waals surface area contributed by atoms with Gasteiger partial charge in [-0.25, -0.2) is 0 Å². The Labute approximate surface area is 167 Å². The van der Waals surface area contributed by atoms with Crippen molar-refractivity contribution in [3.05, 3.63) is 77.0 Å². The summed E-state index contributed by atoms with van der Waals surface area (Å²) >= 11 is 0. The third kappa shape index (κ3) is 2.81. The van der Waals surface area contributed by atoms with E-state index in [4.69, 9.17) is 5.73 Å². The maximum atomic E-state index is 7.14. The Morgan fingerprint density at radius 2 is 1.96 bits per heavy atom. The molecule has 2 atom stereocenters. The van der Waals surface area contributed by atoms with E-state index in [0.717, 1.165) is 38.8 Å². The smallest absolute Gasteiger partial charge is 0.0631 e. The Hall–Kier alpha value is -2.36. The molecule has 0 radical (unpaired) electrons. The van der Waals surface area contributed by atoms with Gasteiger partial charge >= 0.3 is 0 Å². The molecule has 3 aromatic rings. The molecule has 0 saturated carbocycles. The Morgan fingerprint density at radius 3 is 2.75 bits per heavy atom. The molecule has 1 aliphatic carbocycles. The number of aryl methyl sites for hydroxylation is 1. The zero-order valence-electron chi connectivity index (χ0n) is 16.6. The highest BCUT2D eigenvalue weighted by molar-refractivity contribution is 5.89. The average molecular weight is 372 g/mol. The minimum Gasteiger partial charge on any atom is -0.357 e. The van der Waals surface area contributed by atoms with Gasteiger partial charge in [0.2, 0.25) is 0 Å². The highest BCUT2D eigenvalue weighted by Crippen LogP contribution is 2.45. The molecule has 1 aromatic heterocycles. The number of hydrogen-bond acceptors (Lipinski definition) is 2. The minimum absolute atomic E-state index is 0.269. The molecule has 0 amide bonds. The van der Waals surface area contributed by atoms with Crippen LogP contribution < -0.4 is 11.1 Å². The first-order valence-corrected chi connectivity index (χ1v) is 10.6. The molecule has 1 unspecified atom stereocenters. The summed E-state index contributed by atoms with van der Waals surface area (Å²) in [5.74, 6) is 0.269. The average Bonchev–Trinajstić information content (AvgIpc) is 3.14. The van der Waals surface area contributed by atoms with Crippen LogP contribution in [0.5, 0.6) is 0 Å². The lowest BCUT2D eigenvalue weighted by molar-refractivity contribution is 0.310. The molecule has 5 rings (SSSR count). The first-order valence-electron chi connectivity index (χ1n) is 10.6. The molecule has 3 heteroatoms. The number of benzene rings is 2. The molecule has 2 aliphatic rings. The maximum Gasteiger partial charge on any atom is 0.0631 e. The standard InChI is InChI=1S/C25H29N3/c1-17(18-7-3-2-4-8-18)25(26)13-5-10-21-22-15-19(20-9-6-14-27-16-20)11-12-23(22)28-24(21)25/h2-4,7-9,11-12,15,17,27-28H,5-6,10,13-14,16,26H2,1H3/t17-,25?/m1/s1. The van der Waals surface area contributed by atoms with Crippen LogP contribution in [-0.4, -0.2) is 18.1 Å². The van der Waals surface area contributed by atoms with E-state index < -0.39 is 0 Å². The van der Waals surface area contributed by atoms with Gasteiger partial charge in [0.1, 0.15) is 0 Å². The lowest BCUT2D eigenvalue weighted by Gasteiger charge is -2.39. The van der Waals surface area contributed by atoms with Gasteiger partial charge in [0, 0.05) is 29.1 Å². The summed E-state index contributed by atoms with van der Waals surface area (Å²) in [6, 6.07) is 17.6. The van der Waals surface area contributed by atoms with Crippen molar-refractivity contribution in [3.63, 3.8) is 0 Å². The van der Waals surface area contributed by atoms with E-state index in [1.165, 1.54) is 38.9 Å². The van der Waals surface area contributed by atoms with Crippen molar-refractivity contribution in [2.75, 3.05) is 13.1 Å². The molecular formula is C25H29N3. The number of nitrogens with two attached hydrogens (primary N) is 1. The highest BCUT2D eigenvalue weighted by atomic mass is 14.9. The second-order valence-corrected chi connectivity index (χ2v) is 8.46. The van der Waals surface area contributed by atoms with E-state index in [9.17, 15) is 0 Å². The topological polar surface area (TPSA) is 53.8 Å². The number of aromatic amines is 1. The summed E-state index contributed by atoms with van der Waals surface area (Å²) in [5.41, 5.74) is 14.8. The number of H-pyrrole nitrogens is 1. The van der Waals surface area contributed by atoms with Crippen molar-refractivity contribution in [1.29, 1.82) is 0 Å². The van der Waals surface area contributed by atoms with Gasteiger partial charge in [0.25, 0.3) is 0 Å². The van der Waals surface area contributed by atoms with Gasteiger partial charge < -0.3 is 16.0 Å². The second kappa shape index (κ2) is 6.91. The van der Waals surface area contributed by atoms with Gasteiger partial charge in [-0.05, 0) is 66.6 Å². The van der Waals surface area contributed by atoms with Crippen LogP contribution in [0, 0.1) is 0 Å². The maximum absolute atomic E-state index is 7.14. The van der Waals surface area contributed by atoms with Crippen molar-refractivity contribution >= 4 is 16.5 Å². The normalized spacial score (nSPS) is 23.3. The molecule has 0 fully saturated rings. The van der Waals surface area contributed by atoms with Crippen LogP contribution in [0.25, 0.3) is 16.5 Å². The minimum atomic E-state index is -0.347. The molecular weight excluding hydrogens is 342 g/mol. The van der Waals surface area contributed by atoms with Crippen LogP contribution in [0.1, 0.15) is 54.5 Å². The summed E-state index contributed by atoms with van der Waals surface area (Å²) in [7, 11) is 0. The summed E-state index contributed by atoms with van der Waals surface area (Å²) in [5, 5.41) is 4.84. The molecule has 144 valence electrons. The summed E-state index contributed by atoms with van der Waals surface area (Å²) in [6.45, 7) is 4.32. The van der Waals surface area contributed by atoms with E-state index >= 15 is 0 Å². The molecule has 2 heterocycles. The van der Waals surface area contributed by atoms with Crippen molar-refractivity contribution in [3.8, 4) is 0 Å². The Bertz CT molecular complexity index is 1030. The van der Waals surface area contributed by atoms with Crippen LogP contribution in [0.3, 0.4) is 0 Å². The lowest BCUT2D eigenvalue weighted by Crippen LogP contribution is -2.44. The van der Waals surface area contributed by atoms with Crippen molar-refractivity contribution in [2.24, 2.45) is 5.73 Å². The fourth-order valence-electron chi connectivity index (χ4n) is 5.12. The van der Waals surface area contributed by atoms with Crippen molar-refractivity contribution < 1.29 is 0 Å². The number of fused-ring (bicyclic) bond motifs is 3. The second-order valence-electron chi connectivity index (χ2n) is 8.46. The van der Waals surface area contributed by atoms with E-state index in [2.05, 4.69) is 71.8 Å². The summed E-state index contributed by atoms with van der Waals surface area (Å²) in [6.07, 6.45) is 6.75. The van der Waals surface area contributed by atoms with Crippen LogP contribution in [-0.2, 0) is 12.0 Å². The number of rotatable bonds is 3. The van der Waals surface area contributed by atoms with Gasteiger partial charge in [0.05, 0.1) is 5.54 Å².